The number of halogens is 2. The van der Waals surface area contributed by atoms with Crippen molar-refractivity contribution in [2.75, 3.05) is 12.8 Å². The molecule has 0 saturated carbocycles. The van der Waals surface area contributed by atoms with Gasteiger partial charge in [-0.3, -0.25) is 0 Å². The Hall–Kier alpha value is -2.55. The van der Waals surface area contributed by atoms with Crippen molar-refractivity contribution >= 4 is 33.3 Å². The van der Waals surface area contributed by atoms with Crippen molar-refractivity contribution in [2.45, 2.75) is 0 Å². The largest absolute Gasteiger partial charge is 0.496 e. The zero-order chi connectivity index (χ0) is 18.0. The highest BCUT2D eigenvalue weighted by Crippen LogP contribution is 2.38. The van der Waals surface area contributed by atoms with Crippen molar-refractivity contribution in [3.05, 3.63) is 63.6 Å². The molecule has 2 N–H and O–H groups in total. The highest BCUT2D eigenvalue weighted by Gasteiger charge is 2.17. The lowest BCUT2D eigenvalue weighted by Gasteiger charge is -2.13. The van der Waals surface area contributed by atoms with Crippen LogP contribution in [0.15, 0.2) is 53.0 Å². The van der Waals surface area contributed by atoms with Gasteiger partial charge in [-0.25, -0.2) is 4.98 Å². The second-order valence-corrected chi connectivity index (χ2v) is 6.63. The maximum atomic E-state index is 9.55. The van der Waals surface area contributed by atoms with E-state index in [9.17, 15) is 5.26 Å². The number of methoxy groups -OCH3 is 1. The molecule has 1 aromatic heterocycles. The number of hydrogen-bond acceptors (Lipinski definition) is 4. The molecule has 0 spiro atoms. The molecule has 6 heteroatoms. The third-order valence-corrected chi connectivity index (χ3v) is 4.50. The first-order valence-corrected chi connectivity index (χ1v) is 8.51. The van der Waals surface area contributed by atoms with Crippen LogP contribution in [-0.4, -0.2) is 12.1 Å². The van der Waals surface area contributed by atoms with Gasteiger partial charge in [0.25, 0.3) is 0 Å². The van der Waals surface area contributed by atoms with E-state index in [1.807, 2.05) is 36.4 Å². The van der Waals surface area contributed by atoms with Gasteiger partial charge in [0.15, 0.2) is 0 Å². The Bertz CT molecular complexity index is 981. The Labute approximate surface area is 159 Å². The van der Waals surface area contributed by atoms with Crippen molar-refractivity contribution in [1.82, 2.24) is 4.98 Å². The molecule has 0 aliphatic heterocycles. The van der Waals surface area contributed by atoms with Crippen LogP contribution in [0.1, 0.15) is 5.56 Å². The number of hydrogen-bond donors (Lipinski definition) is 1. The van der Waals surface area contributed by atoms with Crippen molar-refractivity contribution in [2.24, 2.45) is 0 Å². The number of aromatic nitrogens is 1. The van der Waals surface area contributed by atoms with Crippen LogP contribution in [0.3, 0.4) is 0 Å². The second kappa shape index (κ2) is 7.14. The first kappa shape index (κ1) is 17.3. The van der Waals surface area contributed by atoms with Gasteiger partial charge in [0.2, 0.25) is 0 Å². The van der Waals surface area contributed by atoms with Gasteiger partial charge in [-0.1, -0.05) is 39.7 Å². The van der Waals surface area contributed by atoms with Crippen molar-refractivity contribution < 1.29 is 4.74 Å². The number of nitriles is 1. The van der Waals surface area contributed by atoms with Crippen LogP contribution in [-0.2, 0) is 0 Å². The summed E-state index contributed by atoms with van der Waals surface area (Å²) in [6, 6.07) is 16.9. The first-order valence-electron chi connectivity index (χ1n) is 7.34. The lowest BCUT2D eigenvalue weighted by molar-refractivity contribution is 0.416. The van der Waals surface area contributed by atoms with Crippen LogP contribution in [0.2, 0.25) is 5.02 Å². The van der Waals surface area contributed by atoms with Gasteiger partial charge >= 0.3 is 0 Å². The summed E-state index contributed by atoms with van der Waals surface area (Å²) in [5.41, 5.74) is 9.31. The zero-order valence-electron chi connectivity index (χ0n) is 13.3. The van der Waals surface area contributed by atoms with E-state index in [0.29, 0.717) is 27.6 Å². The molecule has 3 aromatic rings. The number of rotatable bonds is 3. The molecular formula is C19H13BrClN3O. The third-order valence-electron chi connectivity index (χ3n) is 3.75. The summed E-state index contributed by atoms with van der Waals surface area (Å²) in [5.74, 6) is 0.819. The van der Waals surface area contributed by atoms with Crippen molar-refractivity contribution in [3.8, 4) is 34.2 Å². The molecule has 0 radical (unpaired) electrons. The Balaban J connectivity index is 2.27. The van der Waals surface area contributed by atoms with E-state index >= 15 is 0 Å². The van der Waals surface area contributed by atoms with Crippen molar-refractivity contribution in [1.29, 1.82) is 5.26 Å². The average molecular weight is 415 g/mol. The normalized spacial score (nSPS) is 10.3. The van der Waals surface area contributed by atoms with Crippen LogP contribution in [0, 0.1) is 11.3 Å². The van der Waals surface area contributed by atoms with Gasteiger partial charge in [-0.05, 0) is 36.4 Å². The topological polar surface area (TPSA) is 71.9 Å². The van der Waals surface area contributed by atoms with E-state index in [-0.39, 0.29) is 5.82 Å². The van der Waals surface area contributed by atoms with Gasteiger partial charge < -0.3 is 10.5 Å². The smallest absolute Gasteiger partial charge is 0.142 e. The van der Waals surface area contributed by atoms with Crippen molar-refractivity contribution in [3.63, 3.8) is 0 Å². The second-order valence-electron chi connectivity index (χ2n) is 5.28. The maximum Gasteiger partial charge on any atom is 0.142 e. The Morgan fingerprint density at radius 2 is 1.84 bits per heavy atom. The SMILES string of the molecule is COc1ccc(Br)cc1-c1cc(-c2ccc(Cl)cc2)nc(N)c1C#N. The molecule has 0 amide bonds. The summed E-state index contributed by atoms with van der Waals surface area (Å²) in [5, 5.41) is 10.2. The average Bonchev–Trinajstić information content (AvgIpc) is 2.61. The van der Waals surface area contributed by atoms with Crippen LogP contribution >= 0.6 is 27.5 Å². The summed E-state index contributed by atoms with van der Waals surface area (Å²) in [7, 11) is 1.59. The number of pyridine rings is 1. The standard InChI is InChI=1S/C19H13BrClN3O/c1-25-18-7-4-12(20)8-15(18)14-9-17(24-19(23)16(14)10-22)11-2-5-13(21)6-3-11/h2-9H,1H3,(H2,23,24). The molecule has 25 heavy (non-hydrogen) atoms. The molecule has 124 valence electrons. The maximum absolute atomic E-state index is 9.55. The molecule has 0 aliphatic rings. The van der Waals surface area contributed by atoms with Crippen LogP contribution in [0.5, 0.6) is 5.75 Å². The molecule has 0 aliphatic carbocycles. The predicted octanol–water partition coefficient (Wildman–Crippen LogP) is 5.29. The summed E-state index contributed by atoms with van der Waals surface area (Å²) >= 11 is 9.41. The van der Waals surface area contributed by atoms with E-state index < -0.39 is 0 Å². The number of anilines is 1. The van der Waals surface area contributed by atoms with Gasteiger partial charge in [0, 0.05) is 26.2 Å². The van der Waals surface area contributed by atoms with E-state index in [1.54, 1.807) is 19.2 Å². The molecule has 3 rings (SSSR count). The number of nitrogens with zero attached hydrogens (tertiary/aromatic N) is 2. The Morgan fingerprint density at radius 3 is 2.48 bits per heavy atom. The van der Waals surface area contributed by atoms with E-state index in [0.717, 1.165) is 15.6 Å². The summed E-state index contributed by atoms with van der Waals surface area (Å²) in [6.07, 6.45) is 0. The van der Waals surface area contributed by atoms with E-state index in [2.05, 4.69) is 27.0 Å². The molecule has 0 bridgehead atoms. The summed E-state index contributed by atoms with van der Waals surface area (Å²) in [4.78, 5) is 4.37. The first-order chi connectivity index (χ1) is 12.0. The van der Waals surface area contributed by atoms with Gasteiger partial charge in [0.1, 0.15) is 23.2 Å². The third kappa shape index (κ3) is 3.46. The lowest BCUT2D eigenvalue weighted by atomic mass is 9.97. The number of ether oxygens (including phenoxy) is 1. The molecule has 2 aromatic carbocycles. The monoisotopic (exact) mass is 413 g/mol. The molecule has 0 unspecified atom stereocenters. The predicted molar refractivity (Wildman–Crippen MR) is 103 cm³/mol. The molecule has 0 atom stereocenters. The minimum atomic E-state index is 0.173. The van der Waals surface area contributed by atoms with E-state index in [1.165, 1.54) is 0 Å². The fraction of sp³-hybridized carbons (Fsp3) is 0.0526. The minimum absolute atomic E-state index is 0.173. The van der Waals surface area contributed by atoms with Gasteiger partial charge in [-0.15, -0.1) is 0 Å². The molecule has 1 heterocycles. The highest BCUT2D eigenvalue weighted by atomic mass is 79.9. The quantitative estimate of drug-likeness (QED) is 0.631. The molecular weight excluding hydrogens is 402 g/mol. The fourth-order valence-electron chi connectivity index (χ4n) is 2.55. The number of nitrogens with two attached hydrogens (primary N) is 1. The molecule has 0 saturated heterocycles. The van der Waals surface area contributed by atoms with Crippen LogP contribution in [0.25, 0.3) is 22.4 Å². The van der Waals surface area contributed by atoms with Gasteiger partial charge in [-0.2, -0.15) is 5.26 Å². The summed E-state index contributed by atoms with van der Waals surface area (Å²) in [6.45, 7) is 0. The number of benzene rings is 2. The van der Waals surface area contributed by atoms with Crippen LogP contribution in [0.4, 0.5) is 5.82 Å². The molecule has 0 fully saturated rings. The fourth-order valence-corrected chi connectivity index (χ4v) is 3.04. The van der Waals surface area contributed by atoms with E-state index in [4.69, 9.17) is 22.1 Å². The lowest BCUT2D eigenvalue weighted by Crippen LogP contribution is -2.00. The van der Waals surface area contributed by atoms with Crippen LogP contribution < -0.4 is 10.5 Å². The highest BCUT2D eigenvalue weighted by molar-refractivity contribution is 9.10. The minimum Gasteiger partial charge on any atom is -0.496 e. The molecule has 4 nitrogen and oxygen atoms in total. The Morgan fingerprint density at radius 1 is 1.12 bits per heavy atom. The number of nitrogen functional groups attached to an aromatic ring is 1. The van der Waals surface area contributed by atoms with Gasteiger partial charge in [0.05, 0.1) is 12.8 Å². The summed E-state index contributed by atoms with van der Waals surface area (Å²) < 4.78 is 6.32. The Kier molecular flexibility index (Phi) is 4.93. The zero-order valence-corrected chi connectivity index (χ0v) is 15.6.